The zero-order valence-corrected chi connectivity index (χ0v) is 11.6. The van der Waals surface area contributed by atoms with Gasteiger partial charge in [-0.25, -0.2) is 0 Å². The second-order valence-electron chi connectivity index (χ2n) is 4.44. The summed E-state index contributed by atoms with van der Waals surface area (Å²) in [6.45, 7) is 2.64. The fourth-order valence-electron chi connectivity index (χ4n) is 1.65. The highest BCUT2D eigenvalue weighted by Crippen LogP contribution is 2.17. The van der Waals surface area contributed by atoms with Crippen LogP contribution in [0.4, 0.5) is 0 Å². The summed E-state index contributed by atoms with van der Waals surface area (Å²) in [6.07, 6.45) is 5.18. The third-order valence-corrected chi connectivity index (χ3v) is 2.69. The van der Waals surface area contributed by atoms with Gasteiger partial charge in [0, 0.05) is 26.2 Å². The van der Waals surface area contributed by atoms with Crippen molar-refractivity contribution in [3.05, 3.63) is 29.8 Å². The highest BCUT2D eigenvalue weighted by molar-refractivity contribution is 5.80. The quantitative estimate of drug-likeness (QED) is 0.783. The van der Waals surface area contributed by atoms with E-state index in [-0.39, 0.29) is 18.6 Å². The summed E-state index contributed by atoms with van der Waals surface area (Å²) in [5, 5.41) is 3.17. The number of carbonyl (C=O) groups is 1. The maximum Gasteiger partial charge on any atom is 0.238 e. The molecule has 4 heteroatoms. The van der Waals surface area contributed by atoms with E-state index in [1.54, 1.807) is 19.0 Å². The normalized spacial score (nSPS) is 11.5. The van der Waals surface area contributed by atoms with Gasteiger partial charge in [-0.1, -0.05) is 24.1 Å². The van der Waals surface area contributed by atoms with Crippen molar-refractivity contribution in [2.75, 3.05) is 20.7 Å². The van der Waals surface area contributed by atoms with Gasteiger partial charge in [0.15, 0.2) is 0 Å². The number of rotatable bonds is 6. The van der Waals surface area contributed by atoms with Crippen LogP contribution < -0.4 is 10.1 Å². The Morgan fingerprint density at radius 2 is 2.16 bits per heavy atom. The lowest BCUT2D eigenvalue weighted by Gasteiger charge is -2.18. The fourth-order valence-corrected chi connectivity index (χ4v) is 1.65. The number of hydrogen-bond donors (Lipinski definition) is 1. The summed E-state index contributed by atoms with van der Waals surface area (Å²) in [4.78, 5) is 13.3. The fraction of sp³-hybridized carbons (Fsp3) is 0.400. The van der Waals surface area contributed by atoms with E-state index in [1.807, 2.05) is 31.2 Å². The number of hydrogen-bond acceptors (Lipinski definition) is 3. The van der Waals surface area contributed by atoms with Crippen LogP contribution in [0.5, 0.6) is 5.75 Å². The Hall–Kier alpha value is -1.99. The molecule has 4 nitrogen and oxygen atoms in total. The molecule has 0 bridgehead atoms. The second kappa shape index (κ2) is 7.45. The molecule has 1 rings (SSSR count). The highest BCUT2D eigenvalue weighted by atomic mass is 16.5. The van der Waals surface area contributed by atoms with Gasteiger partial charge in [-0.05, 0) is 13.0 Å². The van der Waals surface area contributed by atoms with Crippen LogP contribution in [0.2, 0.25) is 0 Å². The average Bonchev–Trinajstić information content (AvgIpc) is 2.42. The van der Waals surface area contributed by atoms with Crippen LogP contribution in [0.25, 0.3) is 0 Å². The Labute approximate surface area is 114 Å². The summed E-state index contributed by atoms with van der Waals surface area (Å²) in [7, 11) is 3.48. The van der Waals surface area contributed by atoms with Gasteiger partial charge in [0.2, 0.25) is 5.91 Å². The van der Waals surface area contributed by atoms with Gasteiger partial charge in [-0.2, -0.15) is 0 Å². The standard InChI is InChI=1S/C15H20N2O2/c1-5-10-19-14-9-7-6-8-13(14)11-16-12(2)15(18)17(3)4/h1,6-9,12,16H,10-11H2,2-4H3. The third kappa shape index (κ3) is 4.65. The first-order valence-corrected chi connectivity index (χ1v) is 6.15. The number of ether oxygens (including phenoxy) is 1. The minimum atomic E-state index is -0.240. The van der Waals surface area contributed by atoms with Crippen LogP contribution in [-0.2, 0) is 11.3 Å². The van der Waals surface area contributed by atoms with Crippen LogP contribution in [0.3, 0.4) is 0 Å². The van der Waals surface area contributed by atoms with Crippen molar-refractivity contribution in [3.63, 3.8) is 0 Å². The van der Waals surface area contributed by atoms with E-state index in [0.717, 1.165) is 11.3 Å². The molecule has 0 aliphatic heterocycles. The molecule has 102 valence electrons. The molecule has 1 unspecified atom stereocenters. The first-order valence-electron chi connectivity index (χ1n) is 6.15. The van der Waals surface area contributed by atoms with Gasteiger partial charge < -0.3 is 15.0 Å². The Balaban J connectivity index is 2.62. The van der Waals surface area contributed by atoms with Crippen molar-refractivity contribution >= 4 is 5.91 Å². The molecule has 0 saturated heterocycles. The third-order valence-electron chi connectivity index (χ3n) is 2.69. The van der Waals surface area contributed by atoms with Gasteiger partial charge in [-0.15, -0.1) is 6.42 Å². The van der Waals surface area contributed by atoms with E-state index in [9.17, 15) is 4.79 Å². The maximum absolute atomic E-state index is 11.7. The Kier molecular flexibility index (Phi) is 5.91. The summed E-state index contributed by atoms with van der Waals surface area (Å²) in [5.41, 5.74) is 0.983. The first-order chi connectivity index (χ1) is 9.06. The van der Waals surface area contributed by atoms with Gasteiger partial charge >= 0.3 is 0 Å². The predicted molar refractivity (Wildman–Crippen MR) is 75.8 cm³/mol. The number of carbonyl (C=O) groups excluding carboxylic acids is 1. The minimum absolute atomic E-state index is 0.0435. The van der Waals surface area contributed by atoms with Crippen LogP contribution in [0.1, 0.15) is 12.5 Å². The molecule has 0 aliphatic carbocycles. The average molecular weight is 260 g/mol. The summed E-state index contributed by atoms with van der Waals surface area (Å²) >= 11 is 0. The van der Waals surface area contributed by atoms with Crippen molar-refractivity contribution in [1.82, 2.24) is 10.2 Å². The molecule has 0 heterocycles. The number of amides is 1. The van der Waals surface area contributed by atoms with Gasteiger partial charge in [0.1, 0.15) is 12.4 Å². The lowest BCUT2D eigenvalue weighted by Crippen LogP contribution is -2.41. The van der Waals surface area contributed by atoms with E-state index in [1.165, 1.54) is 0 Å². The van der Waals surface area contributed by atoms with Gasteiger partial charge in [-0.3, -0.25) is 4.79 Å². The van der Waals surface area contributed by atoms with Crippen molar-refractivity contribution in [3.8, 4) is 18.1 Å². The summed E-state index contributed by atoms with van der Waals surface area (Å²) in [5.74, 6) is 3.23. The maximum atomic E-state index is 11.7. The molecule has 0 radical (unpaired) electrons. The van der Waals surface area contributed by atoms with E-state index >= 15 is 0 Å². The Bertz CT molecular complexity index is 463. The monoisotopic (exact) mass is 260 g/mol. The van der Waals surface area contributed by atoms with Gasteiger partial charge in [0.25, 0.3) is 0 Å². The molecule has 1 aromatic carbocycles. The molecule has 1 atom stereocenters. The van der Waals surface area contributed by atoms with E-state index in [4.69, 9.17) is 11.2 Å². The Morgan fingerprint density at radius 1 is 1.47 bits per heavy atom. The zero-order valence-electron chi connectivity index (χ0n) is 11.6. The molecule has 1 amide bonds. The molecule has 0 spiro atoms. The van der Waals surface area contributed by atoms with Crippen molar-refractivity contribution in [2.24, 2.45) is 0 Å². The molecule has 0 saturated carbocycles. The molecule has 1 N–H and O–H groups in total. The first kappa shape index (κ1) is 15.1. The van der Waals surface area contributed by atoms with Crippen molar-refractivity contribution in [1.29, 1.82) is 0 Å². The van der Waals surface area contributed by atoms with Crippen LogP contribution in [-0.4, -0.2) is 37.6 Å². The number of nitrogens with zero attached hydrogens (tertiary/aromatic N) is 1. The van der Waals surface area contributed by atoms with Crippen molar-refractivity contribution in [2.45, 2.75) is 19.5 Å². The molecule has 19 heavy (non-hydrogen) atoms. The number of benzene rings is 1. The van der Waals surface area contributed by atoms with Gasteiger partial charge in [0.05, 0.1) is 6.04 Å². The lowest BCUT2D eigenvalue weighted by atomic mass is 10.2. The van der Waals surface area contributed by atoms with E-state index in [2.05, 4.69) is 11.2 Å². The summed E-state index contributed by atoms with van der Waals surface area (Å²) < 4.78 is 5.46. The smallest absolute Gasteiger partial charge is 0.238 e. The lowest BCUT2D eigenvalue weighted by molar-refractivity contribution is -0.130. The number of nitrogens with one attached hydrogen (secondary N) is 1. The number of para-hydroxylation sites is 1. The van der Waals surface area contributed by atoms with Crippen LogP contribution >= 0.6 is 0 Å². The molecular weight excluding hydrogens is 240 g/mol. The predicted octanol–water partition coefficient (Wildman–Crippen LogP) is 1.26. The van der Waals surface area contributed by atoms with E-state index < -0.39 is 0 Å². The molecule has 0 aliphatic rings. The van der Waals surface area contributed by atoms with Crippen LogP contribution in [0.15, 0.2) is 24.3 Å². The topological polar surface area (TPSA) is 41.6 Å². The highest BCUT2D eigenvalue weighted by Gasteiger charge is 2.14. The Morgan fingerprint density at radius 3 is 2.79 bits per heavy atom. The zero-order chi connectivity index (χ0) is 14.3. The van der Waals surface area contributed by atoms with Crippen LogP contribution in [0, 0.1) is 12.3 Å². The summed E-state index contributed by atoms with van der Waals surface area (Å²) in [6, 6.07) is 7.40. The van der Waals surface area contributed by atoms with E-state index in [0.29, 0.717) is 6.54 Å². The molecule has 0 aromatic heterocycles. The molecule has 1 aromatic rings. The number of likely N-dealkylation sites (N-methyl/N-ethyl adjacent to an activating group) is 1. The largest absolute Gasteiger partial charge is 0.481 e. The molecular formula is C15H20N2O2. The SMILES string of the molecule is C#CCOc1ccccc1CNC(C)C(=O)N(C)C. The number of terminal acetylenes is 1. The second-order valence-corrected chi connectivity index (χ2v) is 4.44. The molecule has 0 fully saturated rings. The van der Waals surface area contributed by atoms with Crippen molar-refractivity contribution < 1.29 is 9.53 Å². The minimum Gasteiger partial charge on any atom is -0.481 e.